The molecule has 1 aromatic rings. The van der Waals surface area contributed by atoms with Crippen molar-refractivity contribution in [3.63, 3.8) is 0 Å². The monoisotopic (exact) mass is 568 g/mol. The summed E-state index contributed by atoms with van der Waals surface area (Å²) >= 11 is 0. The molecule has 1 fully saturated rings. The number of aliphatic hydroxyl groups is 3. The van der Waals surface area contributed by atoms with Crippen molar-refractivity contribution in [1.82, 2.24) is 4.90 Å². The zero-order valence-corrected chi connectivity index (χ0v) is 23.5. The Morgan fingerprint density at radius 2 is 1.71 bits per heavy atom. The molecule has 11 nitrogen and oxygen atoms in total. The van der Waals surface area contributed by atoms with Gasteiger partial charge in [0.05, 0.1) is 23.4 Å². The van der Waals surface area contributed by atoms with Crippen molar-refractivity contribution in [3.8, 4) is 5.75 Å². The van der Waals surface area contributed by atoms with E-state index in [0.717, 1.165) is 19.3 Å². The van der Waals surface area contributed by atoms with E-state index in [2.05, 4.69) is 0 Å². The van der Waals surface area contributed by atoms with Crippen LogP contribution in [0.4, 0.5) is 0 Å². The molecule has 0 saturated heterocycles. The summed E-state index contributed by atoms with van der Waals surface area (Å²) in [4.78, 5) is 55.2. The lowest BCUT2D eigenvalue weighted by molar-refractivity contribution is -0.184. The third-order valence-corrected chi connectivity index (χ3v) is 9.49. The number of rotatable bonds is 4. The number of carbonyl (C=O) groups is 4. The highest BCUT2D eigenvalue weighted by atomic mass is 16.5. The fourth-order valence-corrected chi connectivity index (χ4v) is 7.60. The lowest BCUT2D eigenvalue weighted by Gasteiger charge is -2.54. The molecule has 0 spiro atoms. The van der Waals surface area contributed by atoms with E-state index < -0.39 is 82.0 Å². The first-order valence-corrected chi connectivity index (χ1v) is 13.9. The van der Waals surface area contributed by atoms with Crippen molar-refractivity contribution in [3.05, 3.63) is 51.5 Å². The second-order valence-electron chi connectivity index (χ2n) is 12.0. The van der Waals surface area contributed by atoms with Crippen LogP contribution in [0.3, 0.4) is 0 Å². The number of phenolic OH excluding ortho intramolecular Hbond substituents is 1. The minimum absolute atomic E-state index is 0.0874. The predicted octanol–water partition coefficient (Wildman–Crippen LogP) is 2.09. The molecule has 0 aromatic heterocycles. The second kappa shape index (κ2) is 9.99. The number of hydrogen-bond donors (Lipinski definition) is 5. The van der Waals surface area contributed by atoms with Crippen molar-refractivity contribution >= 4 is 23.4 Å². The Morgan fingerprint density at radius 1 is 1.07 bits per heavy atom. The van der Waals surface area contributed by atoms with Gasteiger partial charge in [-0.2, -0.15) is 0 Å². The van der Waals surface area contributed by atoms with Crippen LogP contribution in [0.2, 0.25) is 0 Å². The molecule has 0 heterocycles. The Labute approximate surface area is 237 Å². The van der Waals surface area contributed by atoms with Crippen molar-refractivity contribution in [1.29, 1.82) is 0 Å². The van der Waals surface area contributed by atoms with Gasteiger partial charge in [0.15, 0.2) is 11.4 Å². The van der Waals surface area contributed by atoms with E-state index in [1.165, 1.54) is 25.1 Å². The Hall–Kier alpha value is -3.70. The molecule has 0 bridgehead atoms. The molecule has 1 saturated carbocycles. The van der Waals surface area contributed by atoms with Gasteiger partial charge in [0.25, 0.3) is 5.91 Å². The quantitative estimate of drug-likeness (QED) is 0.266. The van der Waals surface area contributed by atoms with Crippen LogP contribution in [0.15, 0.2) is 34.8 Å². The molecule has 0 radical (unpaired) electrons. The molecule has 0 aliphatic heterocycles. The summed E-state index contributed by atoms with van der Waals surface area (Å²) in [5, 5.41) is 45.7. The fraction of sp³-hybridized carbons (Fsp3) is 0.533. The van der Waals surface area contributed by atoms with Crippen LogP contribution in [0.1, 0.15) is 66.4 Å². The molecule has 220 valence electrons. The number of fused-ring (bicyclic) bond motifs is 3. The molecule has 4 aliphatic carbocycles. The molecular weight excluding hydrogens is 532 g/mol. The number of likely N-dealkylation sites (N-methyl/N-ethyl adjacent to an activating group) is 1. The minimum atomic E-state index is -2.94. The number of nitrogens with two attached hydrogens (primary N) is 1. The maximum Gasteiger partial charge on any atom is 0.309 e. The van der Waals surface area contributed by atoms with E-state index in [1.807, 2.05) is 0 Å². The Morgan fingerprint density at radius 3 is 2.29 bits per heavy atom. The van der Waals surface area contributed by atoms with Crippen LogP contribution >= 0.6 is 0 Å². The summed E-state index contributed by atoms with van der Waals surface area (Å²) in [6, 6.07) is 1.69. The van der Waals surface area contributed by atoms with Crippen molar-refractivity contribution < 1.29 is 44.3 Å². The van der Waals surface area contributed by atoms with E-state index in [-0.39, 0.29) is 16.9 Å². The molecule has 6 N–H and O–H groups in total. The summed E-state index contributed by atoms with van der Waals surface area (Å²) in [5.41, 5.74) is 2.27. The number of Topliss-reactive ketones (excluding diaryl/α,β-unsaturated/α-hetero) is 2. The summed E-state index contributed by atoms with van der Waals surface area (Å²) < 4.78 is 6.17. The van der Waals surface area contributed by atoms with Gasteiger partial charge in [-0.3, -0.25) is 24.1 Å². The lowest BCUT2D eigenvalue weighted by atomic mass is 9.55. The van der Waals surface area contributed by atoms with Crippen LogP contribution < -0.4 is 5.73 Å². The number of aryl methyl sites for hydroxylation is 1. The highest BCUT2D eigenvalue weighted by Crippen LogP contribution is 2.57. The van der Waals surface area contributed by atoms with Crippen LogP contribution in [0, 0.1) is 24.7 Å². The first kappa shape index (κ1) is 28.8. The second-order valence-corrected chi connectivity index (χ2v) is 12.0. The van der Waals surface area contributed by atoms with E-state index >= 15 is 0 Å². The number of aromatic hydroxyl groups is 1. The van der Waals surface area contributed by atoms with Crippen molar-refractivity contribution in [2.45, 2.75) is 69.6 Å². The zero-order valence-electron chi connectivity index (χ0n) is 23.5. The SMILES string of the molecule is Cc1ccc(O)c2c1C(C)C1C(=C(O)C3(O)C(=O)C(C(N)=O)=C(O)C(N(C)C)C3C1OC(=O)C1CCCCC1)C2=O. The first-order valence-electron chi connectivity index (χ1n) is 13.9. The first-order chi connectivity index (χ1) is 19.2. The van der Waals surface area contributed by atoms with E-state index in [1.54, 1.807) is 19.9 Å². The van der Waals surface area contributed by atoms with Crippen LogP contribution in [-0.2, 0) is 19.1 Å². The van der Waals surface area contributed by atoms with Gasteiger partial charge >= 0.3 is 5.97 Å². The van der Waals surface area contributed by atoms with Crippen molar-refractivity contribution in [2.24, 2.45) is 23.5 Å². The number of aliphatic hydroxyl groups excluding tert-OH is 2. The molecule has 41 heavy (non-hydrogen) atoms. The number of nitrogens with zero attached hydrogens (tertiary/aromatic N) is 1. The molecule has 6 atom stereocenters. The number of esters is 1. The van der Waals surface area contributed by atoms with Gasteiger partial charge in [-0.05, 0) is 57.0 Å². The third kappa shape index (κ3) is 4.00. The highest BCUT2D eigenvalue weighted by molar-refractivity contribution is 6.25. The van der Waals surface area contributed by atoms with Gasteiger partial charge in [0.1, 0.15) is 28.9 Å². The summed E-state index contributed by atoms with van der Waals surface area (Å²) in [6.45, 7) is 3.51. The number of carbonyl (C=O) groups excluding carboxylic acids is 4. The molecule has 6 unspecified atom stereocenters. The number of phenols is 1. The summed E-state index contributed by atoms with van der Waals surface area (Å²) in [7, 11) is 3.05. The topological polar surface area (TPSA) is 188 Å². The van der Waals surface area contributed by atoms with E-state index in [0.29, 0.717) is 24.0 Å². The van der Waals surface area contributed by atoms with Crippen LogP contribution in [-0.4, -0.2) is 80.6 Å². The number of hydrogen-bond acceptors (Lipinski definition) is 10. The maximum absolute atomic E-state index is 14.0. The average Bonchev–Trinajstić information content (AvgIpc) is 2.91. The number of ketones is 2. The molecular formula is C30H36N2O9. The average molecular weight is 569 g/mol. The molecule has 1 aromatic carbocycles. The summed E-state index contributed by atoms with van der Waals surface area (Å²) in [6.07, 6.45) is 2.45. The Balaban J connectivity index is 1.80. The fourth-order valence-electron chi connectivity index (χ4n) is 7.60. The van der Waals surface area contributed by atoms with E-state index in [4.69, 9.17) is 10.5 Å². The van der Waals surface area contributed by atoms with E-state index in [9.17, 15) is 39.6 Å². The molecule has 1 amide bonds. The highest BCUT2D eigenvalue weighted by Gasteiger charge is 2.68. The number of benzene rings is 1. The number of ether oxygens (including phenoxy) is 1. The normalized spacial score (nSPS) is 32.0. The van der Waals surface area contributed by atoms with Gasteiger partial charge in [-0.25, -0.2) is 0 Å². The van der Waals surface area contributed by atoms with Crippen LogP contribution in [0.25, 0.3) is 0 Å². The molecule has 5 rings (SSSR count). The molecule has 4 aliphatic rings. The summed E-state index contributed by atoms with van der Waals surface area (Å²) in [5.74, 6) is -9.83. The predicted molar refractivity (Wildman–Crippen MR) is 145 cm³/mol. The number of amides is 1. The number of primary amides is 1. The molecule has 11 heteroatoms. The smallest absolute Gasteiger partial charge is 0.309 e. The largest absolute Gasteiger partial charge is 0.510 e. The van der Waals surface area contributed by atoms with Crippen LogP contribution in [0.5, 0.6) is 5.75 Å². The Bertz CT molecular complexity index is 1420. The van der Waals surface area contributed by atoms with Gasteiger partial charge < -0.3 is 30.9 Å². The maximum atomic E-state index is 14.0. The third-order valence-electron chi connectivity index (χ3n) is 9.49. The van der Waals surface area contributed by atoms with Gasteiger partial charge in [-0.1, -0.05) is 32.3 Å². The van der Waals surface area contributed by atoms with Gasteiger partial charge in [0, 0.05) is 11.5 Å². The Kier molecular flexibility index (Phi) is 7.02. The van der Waals surface area contributed by atoms with Crippen molar-refractivity contribution in [2.75, 3.05) is 14.1 Å². The zero-order chi connectivity index (χ0) is 30.1. The minimum Gasteiger partial charge on any atom is -0.510 e. The standard InChI is InChI=1S/C30H36N2O9/c1-12-10-11-15(33)18-16(12)13(2)17-19(23(18)34)26(36)30(40)21(25(17)41-29(39)14-8-6-5-7-9-14)22(32(3)4)24(35)20(27(30)37)28(31)38/h10-11,13-14,17,21-22,25,33,35-36,40H,5-9H2,1-4H3,(H2,31,38). The van der Waals surface area contributed by atoms with Gasteiger partial charge in [0.2, 0.25) is 5.78 Å². The lowest BCUT2D eigenvalue weighted by Crippen LogP contribution is -2.69. The van der Waals surface area contributed by atoms with Gasteiger partial charge in [-0.15, -0.1) is 0 Å².